The number of carbonyl (C=O) groups is 2. The molecule has 0 saturated carbocycles. The second-order valence-electron chi connectivity index (χ2n) is 5.66. The fourth-order valence-corrected chi connectivity index (χ4v) is 3.46. The molecular formula is C20H14F3NO3S. The molecule has 8 heteroatoms. The molecule has 1 heterocycles. The van der Waals surface area contributed by atoms with Crippen LogP contribution in [0.25, 0.3) is 11.1 Å². The van der Waals surface area contributed by atoms with Crippen LogP contribution in [0, 0.1) is 17.5 Å². The summed E-state index contributed by atoms with van der Waals surface area (Å²) < 4.78 is 44.7. The van der Waals surface area contributed by atoms with Gasteiger partial charge in [0, 0.05) is 16.5 Å². The zero-order chi connectivity index (χ0) is 20.3. The number of carbonyl (C=O) groups excluding carboxylic acids is 2. The molecule has 0 radical (unpaired) electrons. The average molecular weight is 405 g/mol. The molecule has 0 aliphatic rings. The Morgan fingerprint density at radius 1 is 1.04 bits per heavy atom. The molecule has 1 amide bonds. The number of hydrogen-bond acceptors (Lipinski definition) is 4. The second kappa shape index (κ2) is 8.26. The van der Waals surface area contributed by atoms with Gasteiger partial charge in [0.15, 0.2) is 11.6 Å². The van der Waals surface area contributed by atoms with Crippen molar-refractivity contribution >= 4 is 28.2 Å². The van der Waals surface area contributed by atoms with E-state index in [9.17, 15) is 22.8 Å². The van der Waals surface area contributed by atoms with Crippen LogP contribution in [0.2, 0.25) is 0 Å². The van der Waals surface area contributed by atoms with Gasteiger partial charge in [0.25, 0.3) is 5.91 Å². The Morgan fingerprint density at radius 2 is 1.75 bits per heavy atom. The molecule has 0 atom stereocenters. The summed E-state index contributed by atoms with van der Waals surface area (Å²) in [7, 11) is 0. The van der Waals surface area contributed by atoms with E-state index in [0.717, 1.165) is 29.5 Å². The topological polar surface area (TPSA) is 55.4 Å². The number of hydrogen-bond donors (Lipinski definition) is 1. The van der Waals surface area contributed by atoms with Gasteiger partial charge >= 0.3 is 5.97 Å². The second-order valence-corrected chi connectivity index (χ2v) is 6.54. The fraction of sp³-hybridized carbons (Fsp3) is 0.100. The van der Waals surface area contributed by atoms with Crippen molar-refractivity contribution in [2.24, 2.45) is 0 Å². The minimum atomic E-state index is -1.16. The van der Waals surface area contributed by atoms with E-state index in [0.29, 0.717) is 11.1 Å². The zero-order valence-corrected chi connectivity index (χ0v) is 15.4. The largest absolute Gasteiger partial charge is 0.462 e. The Bertz CT molecular complexity index is 1030. The SMILES string of the molecule is CCOC(=O)c1c(-c2ccc(F)cc2)csc1NC(=O)c1ccc(F)c(F)c1. The number of amides is 1. The summed E-state index contributed by atoms with van der Waals surface area (Å²) in [4.78, 5) is 24.9. The number of anilines is 1. The van der Waals surface area contributed by atoms with E-state index < -0.39 is 29.3 Å². The van der Waals surface area contributed by atoms with Crippen LogP contribution in [-0.4, -0.2) is 18.5 Å². The van der Waals surface area contributed by atoms with E-state index in [2.05, 4.69) is 5.32 Å². The number of esters is 1. The standard InChI is InChI=1S/C20H14F3NO3S/c1-2-27-20(26)17-14(11-3-6-13(21)7-4-11)10-28-19(17)24-18(25)12-5-8-15(22)16(23)9-12/h3-10H,2H2,1H3,(H,24,25). The third-order valence-corrected chi connectivity index (χ3v) is 4.73. The van der Waals surface area contributed by atoms with Crippen molar-refractivity contribution in [3.63, 3.8) is 0 Å². The molecule has 0 aliphatic carbocycles. The normalized spacial score (nSPS) is 10.6. The maximum Gasteiger partial charge on any atom is 0.341 e. The van der Waals surface area contributed by atoms with E-state index in [-0.39, 0.29) is 22.7 Å². The highest BCUT2D eigenvalue weighted by Gasteiger charge is 2.23. The first kappa shape index (κ1) is 19.6. The van der Waals surface area contributed by atoms with Crippen LogP contribution in [-0.2, 0) is 4.74 Å². The van der Waals surface area contributed by atoms with Gasteiger partial charge in [-0.15, -0.1) is 11.3 Å². The summed E-state index contributed by atoms with van der Waals surface area (Å²) in [6.45, 7) is 1.76. The van der Waals surface area contributed by atoms with E-state index in [1.54, 1.807) is 12.3 Å². The van der Waals surface area contributed by atoms with Gasteiger partial charge in [-0.1, -0.05) is 12.1 Å². The lowest BCUT2D eigenvalue weighted by molar-refractivity contribution is 0.0529. The van der Waals surface area contributed by atoms with Gasteiger partial charge in [-0.05, 0) is 42.8 Å². The molecule has 3 rings (SSSR count). The van der Waals surface area contributed by atoms with E-state index in [4.69, 9.17) is 4.74 Å². The van der Waals surface area contributed by atoms with E-state index in [1.807, 2.05) is 0 Å². The van der Waals surface area contributed by atoms with Gasteiger partial charge in [0.1, 0.15) is 16.4 Å². The lowest BCUT2D eigenvalue weighted by atomic mass is 10.0. The Morgan fingerprint density at radius 3 is 2.39 bits per heavy atom. The fourth-order valence-electron chi connectivity index (χ4n) is 2.51. The van der Waals surface area contributed by atoms with Gasteiger partial charge in [-0.3, -0.25) is 4.79 Å². The molecule has 0 unspecified atom stereocenters. The third-order valence-electron chi connectivity index (χ3n) is 3.83. The highest BCUT2D eigenvalue weighted by molar-refractivity contribution is 7.15. The van der Waals surface area contributed by atoms with Crippen molar-refractivity contribution in [3.8, 4) is 11.1 Å². The van der Waals surface area contributed by atoms with Crippen LogP contribution in [0.3, 0.4) is 0 Å². The molecule has 144 valence electrons. The maximum absolute atomic E-state index is 13.4. The molecule has 0 bridgehead atoms. The average Bonchev–Trinajstić information content (AvgIpc) is 3.08. The van der Waals surface area contributed by atoms with Crippen LogP contribution in [0.4, 0.5) is 18.2 Å². The van der Waals surface area contributed by atoms with Crippen LogP contribution >= 0.6 is 11.3 Å². The molecule has 1 N–H and O–H groups in total. The quantitative estimate of drug-likeness (QED) is 0.589. The van der Waals surface area contributed by atoms with Gasteiger partial charge in [-0.25, -0.2) is 18.0 Å². The monoisotopic (exact) mass is 405 g/mol. The minimum Gasteiger partial charge on any atom is -0.462 e. The van der Waals surface area contributed by atoms with Crippen molar-refractivity contribution in [1.29, 1.82) is 0 Å². The van der Waals surface area contributed by atoms with Gasteiger partial charge in [-0.2, -0.15) is 0 Å². The molecule has 1 aromatic heterocycles. The smallest absolute Gasteiger partial charge is 0.341 e. The Kier molecular flexibility index (Phi) is 5.79. The first-order valence-corrected chi connectivity index (χ1v) is 9.09. The van der Waals surface area contributed by atoms with Gasteiger partial charge in [0.05, 0.1) is 6.61 Å². The Hall–Kier alpha value is -3.13. The summed E-state index contributed by atoms with van der Waals surface area (Å²) in [6, 6.07) is 8.25. The number of ether oxygens (including phenoxy) is 1. The van der Waals surface area contributed by atoms with E-state index >= 15 is 0 Å². The zero-order valence-electron chi connectivity index (χ0n) is 14.6. The number of rotatable bonds is 5. The van der Waals surface area contributed by atoms with Crippen LogP contribution in [0.5, 0.6) is 0 Å². The molecule has 3 aromatic rings. The molecular weight excluding hydrogens is 391 g/mol. The summed E-state index contributed by atoms with van der Waals surface area (Å²) in [6.07, 6.45) is 0. The molecule has 0 aliphatic heterocycles. The minimum absolute atomic E-state index is 0.106. The molecule has 28 heavy (non-hydrogen) atoms. The third kappa shape index (κ3) is 4.07. The molecule has 0 saturated heterocycles. The van der Waals surface area contributed by atoms with E-state index in [1.165, 1.54) is 24.3 Å². The number of thiophene rings is 1. The summed E-state index contributed by atoms with van der Waals surface area (Å²) in [5.41, 5.74) is 1.03. The Balaban J connectivity index is 1.98. The summed E-state index contributed by atoms with van der Waals surface area (Å²) in [5.74, 6) is -4.03. The highest BCUT2D eigenvalue weighted by Crippen LogP contribution is 2.36. The van der Waals surface area contributed by atoms with Crippen molar-refractivity contribution in [3.05, 3.63) is 76.4 Å². The van der Waals surface area contributed by atoms with Crippen molar-refractivity contribution < 1.29 is 27.5 Å². The number of nitrogens with one attached hydrogen (secondary N) is 1. The predicted octanol–water partition coefficient (Wildman–Crippen LogP) is 5.26. The van der Waals surface area contributed by atoms with Crippen LogP contribution in [0.15, 0.2) is 47.8 Å². The number of benzene rings is 2. The predicted molar refractivity (Wildman–Crippen MR) is 100.0 cm³/mol. The maximum atomic E-state index is 13.4. The molecule has 4 nitrogen and oxygen atoms in total. The first-order valence-electron chi connectivity index (χ1n) is 8.21. The van der Waals surface area contributed by atoms with Crippen LogP contribution in [0.1, 0.15) is 27.6 Å². The van der Waals surface area contributed by atoms with Crippen molar-refractivity contribution in [2.45, 2.75) is 6.92 Å². The van der Waals surface area contributed by atoms with Crippen molar-refractivity contribution in [2.75, 3.05) is 11.9 Å². The Labute approximate surface area is 162 Å². The number of halogens is 3. The summed E-state index contributed by atoms with van der Waals surface area (Å²) >= 11 is 1.07. The van der Waals surface area contributed by atoms with Gasteiger partial charge in [0.2, 0.25) is 0 Å². The van der Waals surface area contributed by atoms with Crippen LogP contribution < -0.4 is 5.32 Å². The lowest BCUT2D eigenvalue weighted by Crippen LogP contribution is -2.15. The molecule has 0 fully saturated rings. The molecule has 2 aromatic carbocycles. The van der Waals surface area contributed by atoms with Gasteiger partial charge < -0.3 is 10.1 Å². The molecule has 0 spiro atoms. The van der Waals surface area contributed by atoms with Crippen molar-refractivity contribution in [1.82, 2.24) is 0 Å². The first-order chi connectivity index (χ1) is 13.4. The summed E-state index contributed by atoms with van der Waals surface area (Å²) in [5, 5.41) is 4.34. The lowest BCUT2D eigenvalue weighted by Gasteiger charge is -2.09. The highest BCUT2D eigenvalue weighted by atomic mass is 32.1.